The minimum atomic E-state index is -0.195. The van der Waals surface area contributed by atoms with Crippen LogP contribution in [0, 0.1) is 13.8 Å². The van der Waals surface area contributed by atoms with Gasteiger partial charge in [0.25, 0.3) is 11.5 Å². The number of H-pyrrole nitrogens is 1. The largest absolute Gasteiger partial charge is 0.348 e. The number of benzene rings is 1. The van der Waals surface area contributed by atoms with Crippen molar-refractivity contribution in [2.45, 2.75) is 33.4 Å². The van der Waals surface area contributed by atoms with E-state index in [1.54, 1.807) is 29.2 Å². The summed E-state index contributed by atoms with van der Waals surface area (Å²) in [6.07, 6.45) is 3.06. The fraction of sp³-hybridized carbons (Fsp3) is 0.263. The molecule has 1 aromatic carbocycles. The Hall–Kier alpha value is -3.22. The topological polar surface area (TPSA) is 92.7 Å². The molecule has 0 aliphatic rings. The molecule has 0 saturated heterocycles. The molecule has 2 heterocycles. The fourth-order valence-corrected chi connectivity index (χ4v) is 2.73. The molecule has 26 heavy (non-hydrogen) atoms. The average molecular weight is 351 g/mol. The van der Waals surface area contributed by atoms with Gasteiger partial charge in [-0.1, -0.05) is 12.1 Å². The third kappa shape index (κ3) is 3.88. The molecule has 0 spiro atoms. The number of aromatic nitrogens is 4. The van der Waals surface area contributed by atoms with Crippen molar-refractivity contribution in [2.24, 2.45) is 0 Å². The lowest BCUT2D eigenvalue weighted by atomic mass is 10.0. The maximum Gasteiger partial charge on any atom is 0.256 e. The van der Waals surface area contributed by atoms with Crippen LogP contribution < -0.4 is 10.9 Å². The fourth-order valence-electron chi connectivity index (χ4n) is 2.73. The molecule has 2 aromatic heterocycles. The Morgan fingerprint density at radius 2 is 2.12 bits per heavy atom. The van der Waals surface area contributed by atoms with Crippen LogP contribution in [0.5, 0.6) is 0 Å². The molecule has 0 bridgehead atoms. The Morgan fingerprint density at radius 1 is 1.31 bits per heavy atom. The van der Waals surface area contributed by atoms with Gasteiger partial charge in [0.1, 0.15) is 12.7 Å². The monoisotopic (exact) mass is 351 g/mol. The lowest BCUT2D eigenvalue weighted by Crippen LogP contribution is -2.35. The van der Waals surface area contributed by atoms with Crippen molar-refractivity contribution in [3.63, 3.8) is 0 Å². The van der Waals surface area contributed by atoms with E-state index in [-0.39, 0.29) is 17.5 Å². The Bertz CT molecular complexity index is 976. The first kappa shape index (κ1) is 17.6. The van der Waals surface area contributed by atoms with E-state index in [4.69, 9.17) is 0 Å². The van der Waals surface area contributed by atoms with Crippen LogP contribution in [0.3, 0.4) is 0 Å². The molecule has 1 unspecified atom stereocenters. The molecule has 0 aliphatic heterocycles. The van der Waals surface area contributed by atoms with Gasteiger partial charge >= 0.3 is 0 Å². The molecule has 3 aromatic rings. The van der Waals surface area contributed by atoms with Crippen molar-refractivity contribution < 1.29 is 4.79 Å². The summed E-state index contributed by atoms with van der Waals surface area (Å²) < 4.78 is 1.66. The van der Waals surface area contributed by atoms with Gasteiger partial charge in [-0.3, -0.25) is 14.3 Å². The summed E-state index contributed by atoms with van der Waals surface area (Å²) in [7, 11) is 0. The molecule has 3 rings (SSSR count). The predicted molar refractivity (Wildman–Crippen MR) is 98.9 cm³/mol. The van der Waals surface area contributed by atoms with Crippen LogP contribution in [0.4, 0.5) is 0 Å². The van der Waals surface area contributed by atoms with Gasteiger partial charge < -0.3 is 10.3 Å². The van der Waals surface area contributed by atoms with Crippen molar-refractivity contribution in [1.29, 1.82) is 0 Å². The van der Waals surface area contributed by atoms with Crippen molar-refractivity contribution in [1.82, 2.24) is 25.1 Å². The Morgan fingerprint density at radius 3 is 2.85 bits per heavy atom. The van der Waals surface area contributed by atoms with E-state index in [1.165, 1.54) is 6.33 Å². The second kappa shape index (κ2) is 7.35. The van der Waals surface area contributed by atoms with Crippen LogP contribution in [-0.4, -0.2) is 31.7 Å². The molecule has 7 heteroatoms. The molecule has 0 radical (unpaired) electrons. The molecule has 0 saturated carbocycles. The van der Waals surface area contributed by atoms with Gasteiger partial charge in [-0.25, -0.2) is 4.98 Å². The SMILES string of the molecule is Cc1cc(-c2cccc(C(=O)NC(C)Cn3cncn3)c2)c(=O)[nH]c1C. The number of amides is 1. The highest BCUT2D eigenvalue weighted by molar-refractivity contribution is 5.95. The third-order valence-corrected chi connectivity index (χ3v) is 4.24. The van der Waals surface area contributed by atoms with E-state index in [0.29, 0.717) is 23.2 Å². The standard InChI is InChI=1S/C19H21N5O2/c1-12-7-17(19(26)23-14(12)3)15-5-4-6-16(8-15)18(25)22-13(2)9-24-11-20-10-21-24/h4-8,10-11,13H,9H2,1-3H3,(H,22,25)(H,23,26). The number of pyridine rings is 1. The van der Waals surface area contributed by atoms with E-state index >= 15 is 0 Å². The first-order chi connectivity index (χ1) is 12.4. The molecule has 134 valence electrons. The van der Waals surface area contributed by atoms with E-state index < -0.39 is 0 Å². The molecule has 1 amide bonds. The zero-order valence-corrected chi connectivity index (χ0v) is 15.0. The molecule has 7 nitrogen and oxygen atoms in total. The highest BCUT2D eigenvalue weighted by Crippen LogP contribution is 2.19. The summed E-state index contributed by atoms with van der Waals surface area (Å²) in [5.41, 5.74) is 3.45. The number of nitrogens with one attached hydrogen (secondary N) is 2. The number of hydrogen-bond donors (Lipinski definition) is 2. The molecule has 1 atom stereocenters. The average Bonchev–Trinajstić information content (AvgIpc) is 3.11. The first-order valence-electron chi connectivity index (χ1n) is 8.38. The van der Waals surface area contributed by atoms with Crippen LogP contribution in [0.15, 0.2) is 47.8 Å². The minimum Gasteiger partial charge on any atom is -0.348 e. The number of nitrogens with zero attached hydrogens (tertiary/aromatic N) is 3. The predicted octanol–water partition coefficient (Wildman–Crippen LogP) is 2.07. The third-order valence-electron chi connectivity index (χ3n) is 4.24. The zero-order valence-electron chi connectivity index (χ0n) is 15.0. The molecule has 0 aliphatic carbocycles. The second-order valence-corrected chi connectivity index (χ2v) is 6.39. The van der Waals surface area contributed by atoms with E-state index in [9.17, 15) is 9.59 Å². The summed E-state index contributed by atoms with van der Waals surface area (Å²) in [5, 5.41) is 6.97. The van der Waals surface area contributed by atoms with Gasteiger partial charge in [0, 0.05) is 22.9 Å². The van der Waals surface area contributed by atoms with Crippen LogP contribution >= 0.6 is 0 Å². The summed E-state index contributed by atoms with van der Waals surface area (Å²) in [4.78, 5) is 31.5. The quantitative estimate of drug-likeness (QED) is 0.736. The van der Waals surface area contributed by atoms with Crippen LogP contribution in [-0.2, 0) is 6.54 Å². The maximum atomic E-state index is 12.5. The molecule has 0 fully saturated rings. The van der Waals surface area contributed by atoms with Gasteiger partial charge in [-0.2, -0.15) is 5.10 Å². The Kier molecular flexibility index (Phi) is 4.97. The van der Waals surface area contributed by atoms with Crippen LogP contribution in [0.25, 0.3) is 11.1 Å². The Balaban J connectivity index is 1.79. The van der Waals surface area contributed by atoms with Crippen molar-refractivity contribution in [2.75, 3.05) is 0 Å². The summed E-state index contributed by atoms with van der Waals surface area (Å²) in [5.74, 6) is -0.195. The van der Waals surface area contributed by atoms with Crippen LogP contribution in [0.1, 0.15) is 28.5 Å². The Labute approximate surface area is 151 Å². The summed E-state index contributed by atoms with van der Waals surface area (Å²) >= 11 is 0. The number of rotatable bonds is 5. The van der Waals surface area contributed by atoms with E-state index in [2.05, 4.69) is 20.4 Å². The van der Waals surface area contributed by atoms with Gasteiger partial charge in [-0.05, 0) is 50.1 Å². The highest BCUT2D eigenvalue weighted by Gasteiger charge is 2.13. The smallest absolute Gasteiger partial charge is 0.256 e. The highest BCUT2D eigenvalue weighted by atomic mass is 16.1. The summed E-state index contributed by atoms with van der Waals surface area (Å²) in [6, 6.07) is 8.81. The number of carbonyl (C=O) groups excluding carboxylic acids is 1. The lowest BCUT2D eigenvalue weighted by molar-refractivity contribution is 0.0936. The summed E-state index contributed by atoms with van der Waals surface area (Å²) in [6.45, 7) is 6.23. The molecular weight excluding hydrogens is 330 g/mol. The van der Waals surface area contributed by atoms with Crippen molar-refractivity contribution in [3.05, 3.63) is 70.2 Å². The number of aromatic amines is 1. The van der Waals surface area contributed by atoms with Gasteiger partial charge in [-0.15, -0.1) is 0 Å². The van der Waals surface area contributed by atoms with Crippen molar-refractivity contribution >= 4 is 5.91 Å². The minimum absolute atomic E-state index is 0.113. The van der Waals surface area contributed by atoms with Crippen molar-refractivity contribution in [3.8, 4) is 11.1 Å². The zero-order chi connectivity index (χ0) is 18.7. The van der Waals surface area contributed by atoms with Gasteiger partial charge in [0.15, 0.2) is 0 Å². The number of hydrogen-bond acceptors (Lipinski definition) is 4. The van der Waals surface area contributed by atoms with E-state index in [0.717, 1.165) is 11.3 Å². The lowest BCUT2D eigenvalue weighted by Gasteiger charge is -2.14. The molecular formula is C19H21N5O2. The molecule has 2 N–H and O–H groups in total. The van der Waals surface area contributed by atoms with Gasteiger partial charge in [0.05, 0.1) is 6.54 Å². The number of aryl methyl sites for hydroxylation is 2. The van der Waals surface area contributed by atoms with E-state index in [1.807, 2.05) is 32.9 Å². The first-order valence-corrected chi connectivity index (χ1v) is 8.38. The normalized spacial score (nSPS) is 12.0. The van der Waals surface area contributed by atoms with Crippen LogP contribution in [0.2, 0.25) is 0 Å². The maximum absolute atomic E-state index is 12.5. The number of carbonyl (C=O) groups is 1. The van der Waals surface area contributed by atoms with Gasteiger partial charge in [0.2, 0.25) is 0 Å². The second-order valence-electron chi connectivity index (χ2n) is 6.39.